The highest BCUT2D eigenvalue weighted by atomic mass is 35.5. The highest BCUT2D eigenvalue weighted by Gasteiger charge is 2.24. The van der Waals surface area contributed by atoms with Crippen LogP contribution in [0, 0.1) is 0 Å². The van der Waals surface area contributed by atoms with Gasteiger partial charge in [-0.2, -0.15) is 0 Å². The quantitative estimate of drug-likeness (QED) is 0.763. The van der Waals surface area contributed by atoms with Gasteiger partial charge in [0.05, 0.1) is 10.6 Å². The van der Waals surface area contributed by atoms with Gasteiger partial charge in [0.25, 0.3) is 5.91 Å². The summed E-state index contributed by atoms with van der Waals surface area (Å²) in [4.78, 5) is 23.6. The molecule has 1 heterocycles. The maximum atomic E-state index is 12.3. The molecular weight excluding hydrogens is 360 g/mol. The number of ether oxygens (including phenoxy) is 1. The molecule has 0 radical (unpaired) electrons. The summed E-state index contributed by atoms with van der Waals surface area (Å²) in [6.07, 6.45) is 0.133. The third-order valence-electron chi connectivity index (χ3n) is 3.43. The SMILES string of the molecule is CC(C)(C)OCCC(NC(=O)c1cc(-c2ccccc2Cl)on1)C(=O)O. The first-order valence-corrected chi connectivity index (χ1v) is 8.44. The number of nitrogens with one attached hydrogen (secondary N) is 1. The number of halogens is 1. The molecule has 2 aromatic rings. The molecule has 0 spiro atoms. The summed E-state index contributed by atoms with van der Waals surface area (Å²) < 4.78 is 10.7. The average Bonchev–Trinajstić information content (AvgIpc) is 3.02. The zero-order valence-electron chi connectivity index (χ0n) is 14.8. The molecule has 140 valence electrons. The van der Waals surface area contributed by atoms with Crippen LogP contribution in [0.1, 0.15) is 37.7 Å². The largest absolute Gasteiger partial charge is 0.480 e. The number of aliphatic carboxylic acids is 1. The lowest BCUT2D eigenvalue weighted by atomic mass is 10.1. The lowest BCUT2D eigenvalue weighted by Crippen LogP contribution is -2.42. The Morgan fingerprint density at radius 3 is 2.65 bits per heavy atom. The Bertz CT molecular complexity index is 782. The van der Waals surface area contributed by atoms with E-state index in [1.807, 2.05) is 20.8 Å². The Labute approximate surface area is 156 Å². The molecule has 2 N–H and O–H groups in total. The van der Waals surface area contributed by atoms with Crippen LogP contribution in [0.4, 0.5) is 0 Å². The number of benzene rings is 1. The second kappa shape index (κ2) is 8.33. The highest BCUT2D eigenvalue weighted by molar-refractivity contribution is 6.33. The van der Waals surface area contributed by atoms with Crippen molar-refractivity contribution >= 4 is 23.5 Å². The average molecular weight is 381 g/mol. The molecule has 26 heavy (non-hydrogen) atoms. The standard InChI is InChI=1S/C18H21ClN2O5/c1-18(2,3)25-9-8-13(17(23)24)20-16(22)14-10-15(26-21-14)11-6-4-5-7-12(11)19/h4-7,10,13H,8-9H2,1-3H3,(H,20,22)(H,23,24). The predicted molar refractivity (Wildman–Crippen MR) is 96.2 cm³/mol. The Balaban J connectivity index is 2.03. The third kappa shape index (κ3) is 5.57. The van der Waals surface area contributed by atoms with Gasteiger partial charge < -0.3 is 19.7 Å². The molecule has 0 fully saturated rings. The Morgan fingerprint density at radius 2 is 2.04 bits per heavy atom. The van der Waals surface area contributed by atoms with Crippen molar-refractivity contribution in [3.8, 4) is 11.3 Å². The molecule has 1 amide bonds. The predicted octanol–water partition coefficient (Wildman–Crippen LogP) is 3.38. The summed E-state index contributed by atoms with van der Waals surface area (Å²) in [5.74, 6) is -1.47. The molecular formula is C18H21ClN2O5. The second-order valence-corrected chi connectivity index (χ2v) is 7.08. The van der Waals surface area contributed by atoms with E-state index in [-0.39, 0.29) is 24.3 Å². The van der Waals surface area contributed by atoms with Gasteiger partial charge in [-0.3, -0.25) is 4.79 Å². The van der Waals surface area contributed by atoms with Crippen LogP contribution in [0.15, 0.2) is 34.9 Å². The first-order chi connectivity index (χ1) is 12.2. The van der Waals surface area contributed by atoms with Crippen LogP contribution >= 0.6 is 11.6 Å². The Hall–Kier alpha value is -2.38. The molecule has 0 saturated heterocycles. The fraction of sp³-hybridized carbons (Fsp3) is 0.389. The zero-order chi connectivity index (χ0) is 19.3. The molecule has 1 atom stereocenters. The number of amides is 1. The van der Waals surface area contributed by atoms with Crippen molar-refractivity contribution in [2.75, 3.05) is 6.61 Å². The van der Waals surface area contributed by atoms with E-state index in [0.717, 1.165) is 0 Å². The molecule has 0 aliphatic carbocycles. The fourth-order valence-corrected chi connectivity index (χ4v) is 2.37. The van der Waals surface area contributed by atoms with Gasteiger partial charge in [0.2, 0.25) is 0 Å². The Kier molecular flexibility index (Phi) is 6.39. The normalized spacial score (nSPS) is 12.6. The van der Waals surface area contributed by atoms with Gasteiger partial charge >= 0.3 is 5.97 Å². The van der Waals surface area contributed by atoms with Crippen molar-refractivity contribution < 1.29 is 24.0 Å². The number of hydrogen-bond acceptors (Lipinski definition) is 5. The smallest absolute Gasteiger partial charge is 0.326 e. The van der Waals surface area contributed by atoms with E-state index in [1.54, 1.807) is 24.3 Å². The van der Waals surface area contributed by atoms with E-state index in [4.69, 9.17) is 20.9 Å². The number of carboxylic acid groups (broad SMARTS) is 1. The summed E-state index contributed by atoms with van der Waals surface area (Å²) in [5, 5.41) is 15.9. The highest BCUT2D eigenvalue weighted by Crippen LogP contribution is 2.27. The number of carbonyl (C=O) groups excluding carboxylic acids is 1. The number of nitrogens with zero attached hydrogens (tertiary/aromatic N) is 1. The van der Waals surface area contributed by atoms with Crippen molar-refractivity contribution in [2.24, 2.45) is 0 Å². The topological polar surface area (TPSA) is 102 Å². The van der Waals surface area contributed by atoms with Gasteiger partial charge in [0.15, 0.2) is 11.5 Å². The molecule has 1 aromatic carbocycles. The lowest BCUT2D eigenvalue weighted by Gasteiger charge is -2.21. The first kappa shape index (κ1) is 19.9. The number of carbonyl (C=O) groups is 2. The molecule has 0 aliphatic rings. The second-order valence-electron chi connectivity index (χ2n) is 6.67. The van der Waals surface area contributed by atoms with E-state index in [1.165, 1.54) is 6.07 Å². The van der Waals surface area contributed by atoms with Crippen LogP contribution in [-0.2, 0) is 9.53 Å². The minimum atomic E-state index is -1.15. The molecule has 1 unspecified atom stereocenters. The number of rotatable bonds is 7. The van der Waals surface area contributed by atoms with Crippen LogP contribution < -0.4 is 5.32 Å². The van der Waals surface area contributed by atoms with Crippen LogP contribution in [-0.4, -0.2) is 40.4 Å². The van der Waals surface area contributed by atoms with E-state index in [9.17, 15) is 14.7 Å². The Morgan fingerprint density at radius 1 is 1.35 bits per heavy atom. The van der Waals surface area contributed by atoms with E-state index in [2.05, 4.69) is 10.5 Å². The van der Waals surface area contributed by atoms with E-state index >= 15 is 0 Å². The fourth-order valence-electron chi connectivity index (χ4n) is 2.14. The van der Waals surface area contributed by atoms with Crippen LogP contribution in [0.25, 0.3) is 11.3 Å². The summed E-state index contributed by atoms with van der Waals surface area (Å²) in [6, 6.07) is 7.29. The van der Waals surface area contributed by atoms with Gasteiger partial charge in [0, 0.05) is 24.7 Å². The first-order valence-electron chi connectivity index (χ1n) is 8.06. The lowest BCUT2D eigenvalue weighted by molar-refractivity contribution is -0.140. The number of hydrogen-bond donors (Lipinski definition) is 2. The summed E-state index contributed by atoms with van der Waals surface area (Å²) in [5.41, 5.74) is 0.181. The van der Waals surface area contributed by atoms with Crippen LogP contribution in [0.3, 0.4) is 0 Å². The van der Waals surface area contributed by atoms with Crippen LogP contribution in [0.2, 0.25) is 5.02 Å². The molecule has 0 saturated carbocycles. The summed E-state index contributed by atoms with van der Waals surface area (Å²) >= 11 is 6.09. The van der Waals surface area contributed by atoms with Crippen molar-refractivity contribution in [3.63, 3.8) is 0 Å². The zero-order valence-corrected chi connectivity index (χ0v) is 15.5. The maximum absolute atomic E-state index is 12.3. The van der Waals surface area contributed by atoms with Crippen LogP contribution in [0.5, 0.6) is 0 Å². The third-order valence-corrected chi connectivity index (χ3v) is 3.76. The van der Waals surface area contributed by atoms with Gasteiger partial charge in [-0.05, 0) is 32.9 Å². The monoisotopic (exact) mass is 380 g/mol. The van der Waals surface area contributed by atoms with Crippen molar-refractivity contribution in [3.05, 3.63) is 41.0 Å². The molecule has 7 nitrogen and oxygen atoms in total. The van der Waals surface area contributed by atoms with Crippen molar-refractivity contribution in [2.45, 2.75) is 38.8 Å². The molecule has 0 aliphatic heterocycles. The van der Waals surface area contributed by atoms with Gasteiger partial charge in [-0.25, -0.2) is 4.79 Å². The van der Waals surface area contributed by atoms with E-state index < -0.39 is 17.9 Å². The molecule has 8 heteroatoms. The molecule has 1 aromatic heterocycles. The maximum Gasteiger partial charge on any atom is 0.326 e. The minimum absolute atomic E-state index is 0.0251. The number of aromatic nitrogens is 1. The number of carboxylic acids is 1. The van der Waals surface area contributed by atoms with Gasteiger partial charge in [0.1, 0.15) is 6.04 Å². The molecule has 0 bridgehead atoms. The minimum Gasteiger partial charge on any atom is -0.480 e. The summed E-state index contributed by atoms with van der Waals surface area (Å²) in [6.45, 7) is 5.80. The summed E-state index contributed by atoms with van der Waals surface area (Å²) in [7, 11) is 0. The van der Waals surface area contributed by atoms with E-state index in [0.29, 0.717) is 16.3 Å². The van der Waals surface area contributed by atoms with Gasteiger partial charge in [-0.1, -0.05) is 28.9 Å². The van der Waals surface area contributed by atoms with Gasteiger partial charge in [-0.15, -0.1) is 0 Å². The molecule has 2 rings (SSSR count). The van der Waals surface area contributed by atoms with Crippen molar-refractivity contribution in [1.82, 2.24) is 10.5 Å². The van der Waals surface area contributed by atoms with Crippen molar-refractivity contribution in [1.29, 1.82) is 0 Å².